The Hall–Kier alpha value is -2.25. The third-order valence-corrected chi connectivity index (χ3v) is 6.62. The predicted molar refractivity (Wildman–Crippen MR) is 95.7 cm³/mol. The van der Waals surface area contributed by atoms with Crippen molar-refractivity contribution in [1.29, 1.82) is 0 Å². The molecule has 0 unspecified atom stereocenters. The van der Waals surface area contributed by atoms with E-state index in [9.17, 15) is 27.9 Å². The quantitative estimate of drug-likeness (QED) is 0.853. The summed E-state index contributed by atoms with van der Waals surface area (Å²) in [6.07, 6.45) is -1.78. The van der Waals surface area contributed by atoms with Crippen molar-refractivity contribution in [3.05, 3.63) is 29.8 Å². The molecule has 2 aliphatic carbocycles. The fraction of sp³-hybridized carbons (Fsp3) is 0.600. The van der Waals surface area contributed by atoms with E-state index < -0.39 is 29.5 Å². The van der Waals surface area contributed by atoms with E-state index in [1.54, 1.807) is 11.0 Å². The predicted octanol–water partition coefficient (Wildman–Crippen LogP) is 3.10. The first-order valence-electron chi connectivity index (χ1n) is 9.69. The number of halogens is 3. The molecule has 2 saturated carbocycles. The summed E-state index contributed by atoms with van der Waals surface area (Å²) in [4.78, 5) is 28.2. The van der Waals surface area contributed by atoms with E-state index in [0.29, 0.717) is 31.9 Å². The second-order valence-corrected chi connectivity index (χ2v) is 8.08. The van der Waals surface area contributed by atoms with Crippen LogP contribution in [0, 0.1) is 23.7 Å². The number of carbonyl (C=O) groups excluding carboxylic acids is 1. The lowest BCUT2D eigenvalue weighted by atomic mass is 9.78. The zero-order valence-corrected chi connectivity index (χ0v) is 15.4. The molecule has 4 rings (SSSR count). The van der Waals surface area contributed by atoms with Gasteiger partial charge >= 0.3 is 12.1 Å². The normalized spacial score (nSPS) is 30.0. The van der Waals surface area contributed by atoms with Crippen LogP contribution in [-0.4, -0.2) is 48.1 Å². The summed E-state index contributed by atoms with van der Waals surface area (Å²) < 4.78 is 38.8. The Morgan fingerprint density at radius 3 is 2.25 bits per heavy atom. The van der Waals surface area contributed by atoms with Gasteiger partial charge in [-0.3, -0.25) is 9.59 Å². The SMILES string of the molecule is O=C(O)[C@H]1[C@H]2CC[C@H](C2)[C@H]1C(=O)N1CCN(c2cccc(C(F)(F)F)c2)CC1. The van der Waals surface area contributed by atoms with E-state index in [1.807, 2.05) is 4.90 Å². The van der Waals surface area contributed by atoms with Crippen LogP contribution < -0.4 is 4.90 Å². The maximum absolute atomic E-state index is 13.0. The van der Waals surface area contributed by atoms with Crippen molar-refractivity contribution in [2.45, 2.75) is 25.4 Å². The summed E-state index contributed by atoms with van der Waals surface area (Å²) in [5.41, 5.74) is -0.194. The zero-order valence-electron chi connectivity index (χ0n) is 15.4. The number of amides is 1. The summed E-state index contributed by atoms with van der Waals surface area (Å²) in [5, 5.41) is 9.56. The molecule has 0 aromatic heterocycles. The summed E-state index contributed by atoms with van der Waals surface area (Å²) in [5.74, 6) is -1.76. The fourth-order valence-corrected chi connectivity index (χ4v) is 5.28. The van der Waals surface area contributed by atoms with Gasteiger partial charge in [0.2, 0.25) is 5.91 Å². The molecule has 1 saturated heterocycles. The van der Waals surface area contributed by atoms with E-state index >= 15 is 0 Å². The minimum Gasteiger partial charge on any atom is -0.481 e. The van der Waals surface area contributed by atoms with Gasteiger partial charge in [0.25, 0.3) is 0 Å². The second-order valence-electron chi connectivity index (χ2n) is 8.08. The van der Waals surface area contributed by atoms with Crippen LogP contribution in [0.4, 0.5) is 18.9 Å². The Labute approximate surface area is 161 Å². The van der Waals surface area contributed by atoms with Gasteiger partial charge in [-0.05, 0) is 49.3 Å². The van der Waals surface area contributed by atoms with Gasteiger partial charge in [-0.2, -0.15) is 13.2 Å². The lowest BCUT2D eigenvalue weighted by molar-refractivity contribution is -0.153. The average Bonchev–Trinajstić information content (AvgIpc) is 3.28. The number of benzene rings is 1. The number of alkyl halides is 3. The van der Waals surface area contributed by atoms with Gasteiger partial charge in [0, 0.05) is 31.9 Å². The number of carboxylic acids is 1. The number of fused-ring (bicyclic) bond motifs is 2. The van der Waals surface area contributed by atoms with Crippen LogP contribution in [0.25, 0.3) is 0 Å². The number of hydrogen-bond acceptors (Lipinski definition) is 3. The topological polar surface area (TPSA) is 60.9 Å². The lowest BCUT2D eigenvalue weighted by Crippen LogP contribution is -2.52. The molecular formula is C20H23F3N2O3. The Morgan fingerprint density at radius 2 is 1.64 bits per heavy atom. The van der Waals surface area contributed by atoms with E-state index in [-0.39, 0.29) is 17.7 Å². The van der Waals surface area contributed by atoms with E-state index in [4.69, 9.17) is 0 Å². The third-order valence-electron chi connectivity index (χ3n) is 6.62. The molecule has 0 spiro atoms. The third kappa shape index (κ3) is 3.33. The molecule has 28 heavy (non-hydrogen) atoms. The molecule has 152 valence electrons. The van der Waals surface area contributed by atoms with Crippen molar-refractivity contribution in [2.24, 2.45) is 23.7 Å². The van der Waals surface area contributed by atoms with Crippen molar-refractivity contribution in [1.82, 2.24) is 4.90 Å². The zero-order chi connectivity index (χ0) is 20.1. The Morgan fingerprint density at radius 1 is 1.00 bits per heavy atom. The summed E-state index contributed by atoms with van der Waals surface area (Å²) in [7, 11) is 0. The van der Waals surface area contributed by atoms with Crippen molar-refractivity contribution in [3.63, 3.8) is 0 Å². The number of nitrogens with zero attached hydrogens (tertiary/aromatic N) is 2. The van der Waals surface area contributed by atoms with Crippen molar-refractivity contribution in [2.75, 3.05) is 31.1 Å². The van der Waals surface area contributed by atoms with Gasteiger partial charge in [0.1, 0.15) is 0 Å². The molecule has 5 nitrogen and oxygen atoms in total. The number of anilines is 1. The summed E-state index contributed by atoms with van der Waals surface area (Å²) >= 11 is 0. The first-order chi connectivity index (χ1) is 13.3. The number of aliphatic carboxylic acids is 1. The van der Waals surface area contributed by atoms with E-state index in [0.717, 1.165) is 31.4 Å². The van der Waals surface area contributed by atoms with E-state index in [1.165, 1.54) is 6.07 Å². The van der Waals surface area contributed by atoms with Crippen LogP contribution in [0.15, 0.2) is 24.3 Å². The van der Waals surface area contributed by atoms with Gasteiger partial charge in [-0.1, -0.05) is 6.07 Å². The number of carbonyl (C=O) groups is 2. The fourth-order valence-electron chi connectivity index (χ4n) is 5.28. The largest absolute Gasteiger partial charge is 0.481 e. The van der Waals surface area contributed by atoms with Crippen molar-refractivity contribution < 1.29 is 27.9 Å². The smallest absolute Gasteiger partial charge is 0.416 e. The van der Waals surface area contributed by atoms with Crippen LogP contribution in [0.2, 0.25) is 0 Å². The first-order valence-corrected chi connectivity index (χ1v) is 9.69. The lowest BCUT2D eigenvalue weighted by Gasteiger charge is -2.39. The maximum Gasteiger partial charge on any atom is 0.416 e. The van der Waals surface area contributed by atoms with E-state index in [2.05, 4.69) is 0 Å². The molecule has 2 bridgehead atoms. The maximum atomic E-state index is 13.0. The van der Waals surface area contributed by atoms with Crippen LogP contribution in [0.3, 0.4) is 0 Å². The standard InChI is InChI=1S/C20H23F3N2O3/c21-20(22,23)14-2-1-3-15(11-14)24-6-8-25(9-7-24)18(26)16-12-4-5-13(10-12)17(16)19(27)28/h1-3,11-13,16-17H,4-10H2,(H,27,28)/t12-,13+,16-,17+/m1/s1. The molecule has 1 heterocycles. The monoisotopic (exact) mass is 396 g/mol. The molecule has 0 radical (unpaired) electrons. The van der Waals surface area contributed by atoms with Gasteiger partial charge < -0.3 is 14.9 Å². The first kappa shape index (κ1) is 19.1. The van der Waals surface area contributed by atoms with Crippen LogP contribution in [0.1, 0.15) is 24.8 Å². The number of hydrogen-bond donors (Lipinski definition) is 1. The molecular weight excluding hydrogens is 373 g/mol. The van der Waals surface area contributed by atoms with Crippen LogP contribution >= 0.6 is 0 Å². The molecule has 1 aromatic carbocycles. The van der Waals surface area contributed by atoms with Crippen LogP contribution in [0.5, 0.6) is 0 Å². The highest BCUT2D eigenvalue weighted by Gasteiger charge is 2.54. The molecule has 1 N–H and O–H groups in total. The highest BCUT2D eigenvalue weighted by Crippen LogP contribution is 2.53. The second kappa shape index (κ2) is 6.97. The van der Waals surface area contributed by atoms with Crippen molar-refractivity contribution in [3.8, 4) is 0 Å². The van der Waals surface area contributed by atoms with Crippen LogP contribution in [-0.2, 0) is 15.8 Å². The van der Waals surface area contributed by atoms with Crippen molar-refractivity contribution >= 4 is 17.6 Å². The minimum absolute atomic E-state index is 0.0942. The highest BCUT2D eigenvalue weighted by molar-refractivity contribution is 5.86. The average molecular weight is 396 g/mol. The molecule has 1 aromatic rings. The van der Waals surface area contributed by atoms with Gasteiger partial charge in [0.15, 0.2) is 0 Å². The molecule has 4 atom stereocenters. The summed E-state index contributed by atoms with van der Waals surface area (Å²) in [6.45, 7) is 1.67. The molecule has 1 aliphatic heterocycles. The molecule has 3 aliphatic rings. The minimum atomic E-state index is -4.39. The number of carboxylic acid groups (broad SMARTS) is 1. The van der Waals surface area contributed by atoms with Gasteiger partial charge in [-0.25, -0.2) is 0 Å². The van der Waals surface area contributed by atoms with Gasteiger partial charge in [-0.15, -0.1) is 0 Å². The molecule has 3 fully saturated rings. The Balaban J connectivity index is 1.42. The van der Waals surface area contributed by atoms with Gasteiger partial charge in [0.05, 0.1) is 17.4 Å². The Kier molecular flexibility index (Phi) is 4.75. The number of rotatable bonds is 3. The Bertz CT molecular complexity index is 774. The molecule has 8 heteroatoms. The highest BCUT2D eigenvalue weighted by atomic mass is 19.4. The summed E-state index contributed by atoms with van der Waals surface area (Å²) in [6, 6.07) is 5.21. The number of piperazine rings is 1. The molecule has 1 amide bonds.